The average Bonchev–Trinajstić information content (AvgIpc) is 2.92. The Morgan fingerprint density at radius 2 is 1.96 bits per heavy atom. The van der Waals surface area contributed by atoms with Crippen LogP contribution in [0.25, 0.3) is 10.9 Å². The van der Waals surface area contributed by atoms with Gasteiger partial charge < -0.3 is 15.2 Å². The van der Waals surface area contributed by atoms with Gasteiger partial charge in [0, 0.05) is 29.8 Å². The van der Waals surface area contributed by atoms with E-state index < -0.39 is 0 Å². The smallest absolute Gasteiger partial charge is 0.135 e. The van der Waals surface area contributed by atoms with Crippen LogP contribution < -0.4 is 15.2 Å². The van der Waals surface area contributed by atoms with E-state index in [2.05, 4.69) is 52.6 Å². The standard InChI is InChI=1S/C18H21IN4O2/c1-10(2)23-14-8-12(21-18(20)16(14)17(19)22-23)7-11-5-6-13(24-3)9-15(11)25-4/h5-6,8-10H,7H2,1-4H3,(H2,20,21). The number of ether oxygens (including phenoxy) is 2. The summed E-state index contributed by atoms with van der Waals surface area (Å²) in [7, 11) is 3.29. The first-order valence-corrected chi connectivity index (χ1v) is 9.06. The minimum absolute atomic E-state index is 0.246. The summed E-state index contributed by atoms with van der Waals surface area (Å²) in [5.41, 5.74) is 9.14. The molecule has 0 atom stereocenters. The molecule has 0 unspecified atom stereocenters. The van der Waals surface area contributed by atoms with Crippen LogP contribution in [0.15, 0.2) is 24.3 Å². The van der Waals surface area contributed by atoms with Gasteiger partial charge in [0.1, 0.15) is 21.0 Å². The van der Waals surface area contributed by atoms with E-state index in [1.165, 1.54) is 0 Å². The summed E-state index contributed by atoms with van der Waals surface area (Å²) in [6.45, 7) is 4.20. The number of fused-ring (bicyclic) bond motifs is 1. The molecule has 0 saturated carbocycles. The average molecular weight is 452 g/mol. The monoisotopic (exact) mass is 452 g/mol. The third kappa shape index (κ3) is 3.37. The van der Waals surface area contributed by atoms with Crippen molar-refractivity contribution in [1.29, 1.82) is 0 Å². The number of nitrogens with two attached hydrogens (primary N) is 1. The number of hydrogen-bond donors (Lipinski definition) is 1. The van der Waals surface area contributed by atoms with E-state index in [-0.39, 0.29) is 6.04 Å². The Kier molecular flexibility index (Phi) is 5.03. The first-order chi connectivity index (χ1) is 11.9. The molecule has 0 spiro atoms. The van der Waals surface area contributed by atoms with Gasteiger partial charge in [0.05, 0.1) is 25.1 Å². The first-order valence-electron chi connectivity index (χ1n) is 7.98. The molecule has 0 aliphatic rings. The largest absolute Gasteiger partial charge is 0.497 e. The number of anilines is 1. The van der Waals surface area contributed by atoms with Crippen LogP contribution in [0.5, 0.6) is 11.5 Å². The number of nitrogen functional groups attached to an aromatic ring is 1. The van der Waals surface area contributed by atoms with Gasteiger partial charge in [0.15, 0.2) is 0 Å². The minimum atomic E-state index is 0.246. The van der Waals surface area contributed by atoms with Gasteiger partial charge in [-0.05, 0) is 48.6 Å². The van der Waals surface area contributed by atoms with Crippen molar-refractivity contribution in [2.75, 3.05) is 20.0 Å². The maximum atomic E-state index is 6.22. The molecule has 2 N–H and O–H groups in total. The van der Waals surface area contributed by atoms with Gasteiger partial charge in [-0.2, -0.15) is 5.10 Å². The van der Waals surface area contributed by atoms with E-state index in [0.717, 1.165) is 37.4 Å². The molecule has 0 bridgehead atoms. The molecule has 2 heterocycles. The van der Waals surface area contributed by atoms with Crippen LogP contribution in [-0.4, -0.2) is 29.0 Å². The molecule has 2 aromatic heterocycles. The molecule has 0 aliphatic carbocycles. The summed E-state index contributed by atoms with van der Waals surface area (Å²) in [6, 6.07) is 8.09. The second-order valence-corrected chi connectivity index (χ2v) is 7.10. The van der Waals surface area contributed by atoms with Gasteiger partial charge in [0.2, 0.25) is 0 Å². The van der Waals surface area contributed by atoms with E-state index in [1.807, 2.05) is 22.9 Å². The Balaban J connectivity index is 2.07. The number of halogens is 1. The van der Waals surface area contributed by atoms with Crippen molar-refractivity contribution in [2.24, 2.45) is 0 Å². The summed E-state index contributed by atoms with van der Waals surface area (Å²) >= 11 is 2.21. The molecule has 25 heavy (non-hydrogen) atoms. The Labute approximate surface area is 160 Å². The number of methoxy groups -OCH3 is 2. The molecule has 0 aliphatic heterocycles. The number of rotatable bonds is 5. The lowest BCUT2D eigenvalue weighted by atomic mass is 10.1. The minimum Gasteiger partial charge on any atom is -0.497 e. The van der Waals surface area contributed by atoms with E-state index in [4.69, 9.17) is 15.2 Å². The SMILES string of the molecule is COc1ccc(Cc2cc3c(c(N)n2)c(I)nn3C(C)C)c(OC)c1. The zero-order valence-corrected chi connectivity index (χ0v) is 16.9. The summed E-state index contributed by atoms with van der Waals surface area (Å²) in [5.74, 6) is 2.04. The molecule has 0 fully saturated rings. The van der Waals surface area contributed by atoms with Crippen molar-refractivity contribution in [3.63, 3.8) is 0 Å². The Bertz CT molecular complexity index is 921. The number of nitrogens with zero attached hydrogens (tertiary/aromatic N) is 3. The second kappa shape index (κ2) is 7.07. The summed E-state index contributed by atoms with van der Waals surface area (Å²) in [5, 5.41) is 5.51. The van der Waals surface area contributed by atoms with Gasteiger partial charge in [-0.15, -0.1) is 0 Å². The summed E-state index contributed by atoms with van der Waals surface area (Å²) in [4.78, 5) is 4.58. The Hall–Kier alpha value is -2.03. The molecule has 0 saturated heterocycles. The van der Waals surface area contributed by atoms with E-state index >= 15 is 0 Å². The molecular formula is C18H21IN4O2. The molecule has 7 heteroatoms. The zero-order valence-electron chi connectivity index (χ0n) is 14.7. The summed E-state index contributed by atoms with van der Waals surface area (Å²) in [6.07, 6.45) is 0.618. The van der Waals surface area contributed by atoms with Crippen LogP contribution in [0.1, 0.15) is 31.1 Å². The highest BCUT2D eigenvalue weighted by atomic mass is 127. The topological polar surface area (TPSA) is 75.2 Å². The highest BCUT2D eigenvalue weighted by Crippen LogP contribution is 2.30. The van der Waals surface area contributed by atoms with Crippen molar-refractivity contribution < 1.29 is 9.47 Å². The van der Waals surface area contributed by atoms with Gasteiger partial charge in [0.25, 0.3) is 0 Å². The van der Waals surface area contributed by atoms with Gasteiger partial charge >= 0.3 is 0 Å². The van der Waals surface area contributed by atoms with Gasteiger partial charge in [-0.1, -0.05) is 6.07 Å². The molecule has 6 nitrogen and oxygen atoms in total. The molecule has 132 valence electrons. The van der Waals surface area contributed by atoms with Crippen molar-refractivity contribution in [3.05, 3.63) is 39.2 Å². The van der Waals surface area contributed by atoms with Crippen molar-refractivity contribution >= 4 is 39.3 Å². The van der Waals surface area contributed by atoms with E-state index in [0.29, 0.717) is 12.2 Å². The van der Waals surface area contributed by atoms with Crippen LogP contribution in [0, 0.1) is 3.70 Å². The lowest BCUT2D eigenvalue weighted by molar-refractivity contribution is 0.391. The van der Waals surface area contributed by atoms with Crippen LogP contribution in [0.4, 0.5) is 5.82 Å². The van der Waals surface area contributed by atoms with E-state index in [9.17, 15) is 0 Å². The third-order valence-corrected chi connectivity index (χ3v) is 4.84. The zero-order chi connectivity index (χ0) is 18.1. The predicted molar refractivity (Wildman–Crippen MR) is 107 cm³/mol. The predicted octanol–water partition coefficient (Wildman–Crippen LogP) is 3.81. The summed E-state index contributed by atoms with van der Waals surface area (Å²) < 4.78 is 13.6. The molecular weight excluding hydrogens is 431 g/mol. The second-order valence-electron chi connectivity index (χ2n) is 6.08. The number of benzene rings is 1. The normalized spacial score (nSPS) is 11.3. The molecule has 1 aromatic carbocycles. The Morgan fingerprint density at radius 1 is 1.20 bits per heavy atom. The molecule has 0 radical (unpaired) electrons. The first kappa shape index (κ1) is 17.8. The fourth-order valence-corrected chi connectivity index (χ4v) is 3.66. The third-order valence-electron chi connectivity index (χ3n) is 4.08. The highest BCUT2D eigenvalue weighted by Gasteiger charge is 2.16. The quantitative estimate of drug-likeness (QED) is 0.596. The van der Waals surface area contributed by atoms with Crippen LogP contribution in [0.3, 0.4) is 0 Å². The van der Waals surface area contributed by atoms with E-state index in [1.54, 1.807) is 14.2 Å². The van der Waals surface area contributed by atoms with Crippen LogP contribution in [0.2, 0.25) is 0 Å². The molecule has 3 rings (SSSR count). The van der Waals surface area contributed by atoms with Crippen molar-refractivity contribution in [3.8, 4) is 11.5 Å². The van der Waals surface area contributed by atoms with Gasteiger partial charge in [-0.25, -0.2) is 4.98 Å². The fraction of sp³-hybridized carbons (Fsp3) is 0.333. The van der Waals surface area contributed by atoms with Gasteiger partial charge in [-0.3, -0.25) is 4.68 Å². The fourth-order valence-electron chi connectivity index (χ4n) is 2.87. The van der Waals surface area contributed by atoms with Crippen LogP contribution >= 0.6 is 22.6 Å². The lowest BCUT2D eigenvalue weighted by Crippen LogP contribution is -2.04. The lowest BCUT2D eigenvalue weighted by Gasteiger charge is -2.12. The number of hydrogen-bond acceptors (Lipinski definition) is 5. The highest BCUT2D eigenvalue weighted by molar-refractivity contribution is 14.1. The number of pyridine rings is 1. The molecule has 0 amide bonds. The maximum absolute atomic E-state index is 6.22. The Morgan fingerprint density at radius 3 is 2.60 bits per heavy atom. The van der Waals surface area contributed by atoms with Crippen LogP contribution in [-0.2, 0) is 6.42 Å². The van der Waals surface area contributed by atoms with Crippen molar-refractivity contribution in [2.45, 2.75) is 26.3 Å². The maximum Gasteiger partial charge on any atom is 0.135 e. The molecule has 3 aromatic rings. The number of aromatic nitrogens is 3. The van der Waals surface area contributed by atoms with Crippen molar-refractivity contribution in [1.82, 2.24) is 14.8 Å².